The number of hydrogen-bond donors (Lipinski definition) is 0. The molecule has 0 N–H and O–H groups in total. The topological polar surface area (TPSA) is 56.0 Å². The van der Waals surface area contributed by atoms with Gasteiger partial charge < -0.3 is 4.90 Å². The van der Waals surface area contributed by atoms with Crippen molar-refractivity contribution in [3.05, 3.63) is 51.7 Å². The van der Waals surface area contributed by atoms with E-state index in [1.807, 2.05) is 28.9 Å². The molecule has 130 valence electrons. The van der Waals surface area contributed by atoms with Crippen molar-refractivity contribution in [3.63, 3.8) is 0 Å². The van der Waals surface area contributed by atoms with Gasteiger partial charge in [0.1, 0.15) is 11.2 Å². The van der Waals surface area contributed by atoms with Gasteiger partial charge in [0.2, 0.25) is 0 Å². The predicted molar refractivity (Wildman–Crippen MR) is 99.1 cm³/mol. The van der Waals surface area contributed by atoms with Crippen LogP contribution in [-0.2, 0) is 19.6 Å². The maximum Gasteiger partial charge on any atom is 0.264 e. The van der Waals surface area contributed by atoms with Crippen LogP contribution in [0.15, 0.2) is 35.3 Å². The second kappa shape index (κ2) is 6.19. The molecule has 2 aromatic heterocycles. The summed E-state index contributed by atoms with van der Waals surface area (Å²) in [6, 6.07) is 7.76. The molecule has 6 nitrogen and oxygen atoms in total. The lowest BCUT2D eigenvalue weighted by Gasteiger charge is -2.30. The fourth-order valence-electron chi connectivity index (χ4n) is 3.27. The van der Waals surface area contributed by atoms with Gasteiger partial charge in [-0.3, -0.25) is 9.36 Å². The van der Waals surface area contributed by atoms with Gasteiger partial charge in [-0.15, -0.1) is 0 Å². The third kappa shape index (κ3) is 2.91. The van der Waals surface area contributed by atoms with Crippen molar-refractivity contribution in [1.29, 1.82) is 0 Å². The van der Waals surface area contributed by atoms with Gasteiger partial charge in [0.15, 0.2) is 5.65 Å². The monoisotopic (exact) mass is 357 g/mol. The SMILES string of the molecule is CC(C)Cn1ncc2c(=O)n3c(nc21)CN(c1ccc(Cl)cc1)CC3. The van der Waals surface area contributed by atoms with Crippen molar-refractivity contribution >= 4 is 28.3 Å². The number of hydrogen-bond acceptors (Lipinski definition) is 4. The van der Waals surface area contributed by atoms with E-state index in [1.165, 1.54) is 0 Å². The minimum Gasteiger partial charge on any atom is -0.362 e. The average Bonchev–Trinajstić information content (AvgIpc) is 2.98. The summed E-state index contributed by atoms with van der Waals surface area (Å²) in [5.41, 5.74) is 1.77. The quantitative estimate of drug-likeness (QED) is 0.723. The first-order valence-corrected chi connectivity index (χ1v) is 8.86. The fourth-order valence-corrected chi connectivity index (χ4v) is 3.39. The smallest absolute Gasteiger partial charge is 0.264 e. The molecule has 0 amide bonds. The summed E-state index contributed by atoms with van der Waals surface area (Å²) in [5.74, 6) is 1.22. The van der Waals surface area contributed by atoms with Crippen LogP contribution in [0.2, 0.25) is 5.02 Å². The highest BCUT2D eigenvalue weighted by atomic mass is 35.5. The molecule has 0 fully saturated rings. The molecule has 3 heterocycles. The summed E-state index contributed by atoms with van der Waals surface area (Å²) in [7, 11) is 0. The molecule has 1 aliphatic rings. The Morgan fingerprint density at radius 1 is 1.20 bits per heavy atom. The molecule has 0 radical (unpaired) electrons. The van der Waals surface area contributed by atoms with Crippen LogP contribution < -0.4 is 10.5 Å². The van der Waals surface area contributed by atoms with Gasteiger partial charge in [-0.25, -0.2) is 9.67 Å². The summed E-state index contributed by atoms with van der Waals surface area (Å²) in [6.07, 6.45) is 1.64. The molecule has 0 spiro atoms. The molecule has 0 unspecified atom stereocenters. The van der Waals surface area contributed by atoms with Crippen LogP contribution in [0.5, 0.6) is 0 Å². The van der Waals surface area contributed by atoms with Crippen LogP contribution in [-0.4, -0.2) is 25.9 Å². The van der Waals surface area contributed by atoms with E-state index < -0.39 is 0 Å². The predicted octanol–water partition coefficient (Wildman–Crippen LogP) is 2.92. The third-order valence-electron chi connectivity index (χ3n) is 4.49. The van der Waals surface area contributed by atoms with E-state index in [1.54, 1.807) is 10.8 Å². The number of benzene rings is 1. The Hall–Kier alpha value is -2.34. The number of fused-ring (bicyclic) bond motifs is 2. The van der Waals surface area contributed by atoms with Crippen molar-refractivity contribution in [2.45, 2.75) is 33.5 Å². The van der Waals surface area contributed by atoms with Crippen molar-refractivity contribution in [1.82, 2.24) is 19.3 Å². The number of halogens is 1. The zero-order valence-corrected chi connectivity index (χ0v) is 15.1. The van der Waals surface area contributed by atoms with Gasteiger partial charge in [-0.1, -0.05) is 25.4 Å². The maximum atomic E-state index is 12.8. The Balaban J connectivity index is 1.74. The fraction of sp³-hybridized carbons (Fsp3) is 0.389. The van der Waals surface area contributed by atoms with E-state index in [9.17, 15) is 4.79 Å². The first-order chi connectivity index (χ1) is 12.0. The number of aromatic nitrogens is 4. The Morgan fingerprint density at radius 2 is 1.96 bits per heavy atom. The molecule has 1 aromatic carbocycles. The maximum absolute atomic E-state index is 12.8. The van der Waals surface area contributed by atoms with Crippen LogP contribution in [0.1, 0.15) is 19.7 Å². The zero-order chi connectivity index (χ0) is 17.6. The molecule has 3 aromatic rings. The van der Waals surface area contributed by atoms with E-state index in [-0.39, 0.29) is 5.56 Å². The molecule has 7 heteroatoms. The molecule has 25 heavy (non-hydrogen) atoms. The van der Waals surface area contributed by atoms with Crippen molar-refractivity contribution < 1.29 is 0 Å². The molecule has 1 aliphatic heterocycles. The highest BCUT2D eigenvalue weighted by Gasteiger charge is 2.22. The van der Waals surface area contributed by atoms with Crippen molar-refractivity contribution in [3.8, 4) is 0 Å². The Kier molecular flexibility index (Phi) is 4.00. The second-order valence-corrected chi connectivity index (χ2v) is 7.28. The van der Waals surface area contributed by atoms with Crippen LogP contribution in [0.3, 0.4) is 0 Å². The van der Waals surface area contributed by atoms with Gasteiger partial charge in [0.05, 0.1) is 12.7 Å². The van der Waals surface area contributed by atoms with E-state index in [4.69, 9.17) is 16.6 Å². The average molecular weight is 358 g/mol. The van der Waals surface area contributed by atoms with E-state index in [0.717, 1.165) is 29.6 Å². The van der Waals surface area contributed by atoms with Crippen LogP contribution in [0.25, 0.3) is 11.0 Å². The summed E-state index contributed by atoms with van der Waals surface area (Å²) < 4.78 is 3.61. The molecule has 0 atom stereocenters. The standard InChI is InChI=1S/C18H20ClN5O/c1-12(2)10-24-17-15(9-20-24)18(25)23-8-7-22(11-16(23)21-17)14-5-3-13(19)4-6-14/h3-6,9,12H,7-8,10-11H2,1-2H3. The molecule has 0 aliphatic carbocycles. The minimum atomic E-state index is 0.00534. The van der Waals surface area contributed by atoms with E-state index >= 15 is 0 Å². The first kappa shape index (κ1) is 16.1. The van der Waals surface area contributed by atoms with Gasteiger partial charge in [-0.2, -0.15) is 5.10 Å². The summed E-state index contributed by atoms with van der Waals surface area (Å²) in [6.45, 7) is 6.99. The van der Waals surface area contributed by atoms with E-state index in [0.29, 0.717) is 30.0 Å². The highest BCUT2D eigenvalue weighted by Crippen LogP contribution is 2.22. The summed E-state index contributed by atoms with van der Waals surface area (Å²) in [5, 5.41) is 5.69. The van der Waals surface area contributed by atoms with Gasteiger partial charge in [0.25, 0.3) is 5.56 Å². The highest BCUT2D eigenvalue weighted by molar-refractivity contribution is 6.30. The van der Waals surface area contributed by atoms with Crippen molar-refractivity contribution in [2.24, 2.45) is 5.92 Å². The Morgan fingerprint density at radius 3 is 2.68 bits per heavy atom. The van der Waals surface area contributed by atoms with Crippen LogP contribution >= 0.6 is 11.6 Å². The van der Waals surface area contributed by atoms with Crippen LogP contribution in [0.4, 0.5) is 5.69 Å². The van der Waals surface area contributed by atoms with Crippen LogP contribution in [0, 0.1) is 5.92 Å². The third-order valence-corrected chi connectivity index (χ3v) is 4.74. The largest absolute Gasteiger partial charge is 0.362 e. The van der Waals surface area contributed by atoms with Crippen molar-refractivity contribution in [2.75, 3.05) is 11.4 Å². The molecular formula is C18H20ClN5O. The van der Waals surface area contributed by atoms with Gasteiger partial charge in [0, 0.05) is 30.3 Å². The minimum absolute atomic E-state index is 0.00534. The molecule has 0 saturated heterocycles. The lowest BCUT2D eigenvalue weighted by atomic mass is 10.2. The number of nitrogens with zero attached hydrogens (tertiary/aromatic N) is 5. The lowest BCUT2D eigenvalue weighted by Crippen LogP contribution is -2.40. The molecule has 4 rings (SSSR count). The Bertz CT molecular complexity index is 974. The Labute approximate surface area is 150 Å². The van der Waals surface area contributed by atoms with Gasteiger partial charge >= 0.3 is 0 Å². The molecule has 0 saturated carbocycles. The normalized spacial score (nSPS) is 14.3. The van der Waals surface area contributed by atoms with Gasteiger partial charge in [-0.05, 0) is 30.2 Å². The number of anilines is 1. The number of rotatable bonds is 3. The molecular weight excluding hydrogens is 338 g/mol. The van der Waals surface area contributed by atoms with E-state index in [2.05, 4.69) is 23.8 Å². The first-order valence-electron chi connectivity index (χ1n) is 8.48. The zero-order valence-electron chi connectivity index (χ0n) is 14.3. The summed E-state index contributed by atoms with van der Waals surface area (Å²) >= 11 is 5.98. The second-order valence-electron chi connectivity index (χ2n) is 6.84. The summed E-state index contributed by atoms with van der Waals surface area (Å²) in [4.78, 5) is 19.8. The lowest BCUT2D eigenvalue weighted by molar-refractivity contribution is 0.488. The molecule has 0 bridgehead atoms.